The number of ketones is 2. The molecule has 10 heteroatoms. The summed E-state index contributed by atoms with van der Waals surface area (Å²) in [6, 6.07) is 7.46. The Hall–Kier alpha value is -4.08. The van der Waals surface area contributed by atoms with Gasteiger partial charge in [-0.1, -0.05) is 12.1 Å². The largest absolute Gasteiger partial charge is 0.491 e. The van der Waals surface area contributed by atoms with Crippen LogP contribution in [-0.2, 0) is 15.9 Å². The summed E-state index contributed by atoms with van der Waals surface area (Å²) in [6.07, 6.45) is 2.33. The number of non-ortho nitro benzene ring substituents is 1. The normalized spacial score (nSPS) is 13.9. The second kappa shape index (κ2) is 11.4. The maximum absolute atomic E-state index is 11.8. The lowest BCUT2D eigenvalue weighted by molar-refractivity contribution is -0.384. The molecular formula is C25H25NO9. The molecular weight excluding hydrogens is 458 g/mol. The average Bonchev–Trinajstić information content (AvgIpc) is 2.84. The summed E-state index contributed by atoms with van der Waals surface area (Å²) in [5, 5.41) is 10.8. The lowest BCUT2D eigenvalue weighted by atomic mass is 9.87. The van der Waals surface area contributed by atoms with E-state index < -0.39 is 10.9 Å². The van der Waals surface area contributed by atoms with Crippen LogP contribution in [0.4, 0.5) is 5.69 Å². The third-order valence-corrected chi connectivity index (χ3v) is 5.46. The smallest absolute Gasteiger partial charge is 0.342 e. The highest BCUT2D eigenvalue weighted by Crippen LogP contribution is 2.33. The lowest BCUT2D eigenvalue weighted by Crippen LogP contribution is -2.19. The van der Waals surface area contributed by atoms with Crippen LogP contribution in [0.3, 0.4) is 0 Å². The minimum absolute atomic E-state index is 0.0588. The van der Waals surface area contributed by atoms with E-state index in [1.165, 1.54) is 0 Å². The zero-order valence-electron chi connectivity index (χ0n) is 19.5. The van der Waals surface area contributed by atoms with Gasteiger partial charge in [0.25, 0.3) is 5.69 Å². The number of nitro groups is 1. The highest BCUT2D eigenvalue weighted by Gasteiger charge is 2.29. The lowest BCUT2D eigenvalue weighted by Gasteiger charge is -2.18. The van der Waals surface area contributed by atoms with Crippen molar-refractivity contribution in [3.05, 3.63) is 68.3 Å². The molecule has 4 rings (SSSR count). The van der Waals surface area contributed by atoms with Gasteiger partial charge in [-0.25, -0.2) is 9.59 Å². The summed E-state index contributed by atoms with van der Waals surface area (Å²) in [4.78, 5) is 57.0. The van der Waals surface area contributed by atoms with Gasteiger partial charge in [0.15, 0.2) is 11.6 Å². The van der Waals surface area contributed by atoms with Crippen molar-refractivity contribution < 1.29 is 38.3 Å². The number of esters is 2. The molecule has 0 atom stereocenters. The van der Waals surface area contributed by atoms with Gasteiger partial charge in [0.2, 0.25) is 0 Å². The Balaban J connectivity index is 0.000000198. The number of carbonyl (C=O) groups is 4. The van der Waals surface area contributed by atoms with E-state index in [-0.39, 0.29) is 59.7 Å². The van der Waals surface area contributed by atoms with Crippen LogP contribution in [0.5, 0.6) is 5.75 Å². The van der Waals surface area contributed by atoms with Crippen LogP contribution < -0.4 is 4.74 Å². The minimum Gasteiger partial charge on any atom is -0.491 e. The first-order valence-electron chi connectivity index (χ1n) is 11.3. The number of nitro benzene ring substituents is 1. The summed E-state index contributed by atoms with van der Waals surface area (Å²) in [5.41, 5.74) is 1.74. The van der Waals surface area contributed by atoms with E-state index in [2.05, 4.69) is 0 Å². The Morgan fingerprint density at radius 1 is 0.943 bits per heavy atom. The molecule has 1 heterocycles. The van der Waals surface area contributed by atoms with Crippen LogP contribution in [0.1, 0.15) is 80.1 Å². The molecule has 0 saturated carbocycles. The molecule has 0 saturated heterocycles. The highest BCUT2D eigenvalue weighted by atomic mass is 16.6. The van der Waals surface area contributed by atoms with Gasteiger partial charge in [-0.05, 0) is 38.3 Å². The number of hydrogen-bond donors (Lipinski definition) is 0. The van der Waals surface area contributed by atoms with E-state index in [0.717, 1.165) is 30.5 Å². The van der Waals surface area contributed by atoms with Crippen molar-refractivity contribution in [1.29, 1.82) is 0 Å². The molecule has 2 aromatic rings. The van der Waals surface area contributed by atoms with Crippen molar-refractivity contribution in [1.82, 2.24) is 0 Å². The number of Topliss-reactive ketones (excluding diaryl/α,β-unsaturated/α-hetero) is 2. The summed E-state index contributed by atoms with van der Waals surface area (Å²) in [7, 11) is 0. The fraction of sp³-hybridized carbons (Fsp3) is 0.360. The Morgan fingerprint density at radius 2 is 1.60 bits per heavy atom. The van der Waals surface area contributed by atoms with Crippen molar-refractivity contribution >= 4 is 29.2 Å². The van der Waals surface area contributed by atoms with Gasteiger partial charge < -0.3 is 14.2 Å². The van der Waals surface area contributed by atoms with Gasteiger partial charge in [0, 0.05) is 30.5 Å². The van der Waals surface area contributed by atoms with Gasteiger partial charge in [-0.2, -0.15) is 0 Å². The van der Waals surface area contributed by atoms with Crippen LogP contribution in [0.15, 0.2) is 30.3 Å². The third kappa shape index (κ3) is 5.71. The van der Waals surface area contributed by atoms with E-state index in [9.17, 15) is 29.3 Å². The van der Waals surface area contributed by atoms with Crippen molar-refractivity contribution in [2.75, 3.05) is 19.8 Å². The molecule has 0 fully saturated rings. The number of benzene rings is 2. The van der Waals surface area contributed by atoms with E-state index in [4.69, 9.17) is 14.2 Å². The van der Waals surface area contributed by atoms with Crippen molar-refractivity contribution in [3.63, 3.8) is 0 Å². The van der Waals surface area contributed by atoms with E-state index in [0.29, 0.717) is 24.2 Å². The molecule has 2 aromatic carbocycles. The zero-order valence-corrected chi connectivity index (χ0v) is 19.5. The van der Waals surface area contributed by atoms with Gasteiger partial charge >= 0.3 is 11.9 Å². The Kier molecular flexibility index (Phi) is 8.30. The zero-order chi connectivity index (χ0) is 25.5. The number of nitrogens with zero attached hydrogens (tertiary/aromatic N) is 1. The molecule has 1 aliphatic heterocycles. The van der Waals surface area contributed by atoms with Crippen LogP contribution in [0.25, 0.3) is 0 Å². The summed E-state index contributed by atoms with van der Waals surface area (Å²) < 4.78 is 15.1. The first-order chi connectivity index (χ1) is 16.8. The first-order valence-corrected chi connectivity index (χ1v) is 11.3. The molecule has 0 spiro atoms. The molecule has 2 aliphatic rings. The molecule has 0 N–H and O–H groups in total. The summed E-state index contributed by atoms with van der Waals surface area (Å²) in [6.45, 7) is 4.03. The minimum atomic E-state index is -0.739. The Bertz CT molecular complexity index is 1190. The summed E-state index contributed by atoms with van der Waals surface area (Å²) >= 11 is 0. The maximum Gasteiger partial charge on any atom is 0.342 e. The van der Waals surface area contributed by atoms with Gasteiger partial charge in [-0.15, -0.1) is 0 Å². The number of fused-ring (bicyclic) bond motifs is 2. The average molecular weight is 483 g/mol. The number of rotatable bonds is 5. The van der Waals surface area contributed by atoms with E-state index >= 15 is 0 Å². The predicted molar refractivity (Wildman–Crippen MR) is 123 cm³/mol. The van der Waals surface area contributed by atoms with Crippen LogP contribution >= 0.6 is 0 Å². The van der Waals surface area contributed by atoms with Crippen LogP contribution in [0.2, 0.25) is 0 Å². The molecule has 0 bridgehead atoms. The predicted octanol–water partition coefficient (Wildman–Crippen LogP) is 4.12. The second-order valence-corrected chi connectivity index (χ2v) is 7.70. The molecule has 1 aliphatic carbocycles. The molecule has 0 unspecified atom stereocenters. The standard InChI is InChI=1S/C13H14O3.C12H11NO6/c1-2-16-13(15)11-7-3-6-10-9(11)5-4-8-12(10)14;1-2-18-12(15)9-6-7(13(16)17)5-8-10(14)3-4-19-11(8)9/h3,6-7H,2,4-5,8H2,1H3;5-6H,2-4H2,1H3. The molecule has 0 aromatic heterocycles. The molecule has 184 valence electrons. The van der Waals surface area contributed by atoms with Crippen molar-refractivity contribution in [2.24, 2.45) is 0 Å². The van der Waals surface area contributed by atoms with Crippen LogP contribution in [-0.4, -0.2) is 48.2 Å². The van der Waals surface area contributed by atoms with Gasteiger partial charge in [0.1, 0.15) is 11.3 Å². The van der Waals surface area contributed by atoms with E-state index in [1.807, 2.05) is 0 Å². The summed E-state index contributed by atoms with van der Waals surface area (Å²) in [5.74, 6) is -1.14. The number of hydrogen-bond acceptors (Lipinski definition) is 9. The monoisotopic (exact) mass is 483 g/mol. The Labute approximate surface area is 201 Å². The SMILES string of the molecule is CCOC(=O)c1cc([N+](=O)[O-])cc2c1OCCC2=O.CCOC(=O)c1cccc2c1CCCC2=O. The topological polar surface area (TPSA) is 139 Å². The van der Waals surface area contributed by atoms with Crippen LogP contribution in [0, 0.1) is 10.1 Å². The van der Waals surface area contributed by atoms with Gasteiger partial charge in [-0.3, -0.25) is 19.7 Å². The molecule has 35 heavy (non-hydrogen) atoms. The first kappa shape index (κ1) is 25.5. The third-order valence-electron chi connectivity index (χ3n) is 5.46. The Morgan fingerprint density at radius 3 is 2.26 bits per heavy atom. The fourth-order valence-electron chi connectivity index (χ4n) is 3.90. The highest BCUT2D eigenvalue weighted by molar-refractivity contribution is 6.05. The number of carbonyl (C=O) groups excluding carboxylic acids is 4. The molecule has 0 amide bonds. The molecule has 10 nitrogen and oxygen atoms in total. The second-order valence-electron chi connectivity index (χ2n) is 7.70. The van der Waals surface area contributed by atoms with Crippen molar-refractivity contribution in [2.45, 2.75) is 39.5 Å². The van der Waals surface area contributed by atoms with Crippen molar-refractivity contribution in [3.8, 4) is 5.75 Å². The number of ether oxygens (including phenoxy) is 3. The quantitative estimate of drug-likeness (QED) is 0.349. The van der Waals surface area contributed by atoms with E-state index in [1.54, 1.807) is 32.0 Å². The molecule has 0 radical (unpaired) electrons. The fourth-order valence-corrected chi connectivity index (χ4v) is 3.90. The maximum atomic E-state index is 11.8. The van der Waals surface area contributed by atoms with Gasteiger partial charge in [0.05, 0.1) is 35.9 Å².